The van der Waals surface area contributed by atoms with E-state index in [9.17, 15) is 8.42 Å². The van der Waals surface area contributed by atoms with Gasteiger partial charge in [0.25, 0.3) is 0 Å². The second-order valence-corrected chi connectivity index (χ2v) is 9.63. The van der Waals surface area contributed by atoms with Crippen LogP contribution in [0.15, 0.2) is 10.3 Å². The van der Waals surface area contributed by atoms with Crippen LogP contribution in [0, 0.1) is 18.8 Å². The van der Waals surface area contributed by atoms with Gasteiger partial charge >= 0.3 is 0 Å². The third kappa shape index (κ3) is 3.97. The second kappa shape index (κ2) is 7.09. The number of hydrogen-bond donors (Lipinski definition) is 1. The zero-order valence-corrected chi connectivity index (χ0v) is 15.3. The van der Waals surface area contributed by atoms with Gasteiger partial charge in [0.05, 0.1) is 4.34 Å². The molecular weight excluding hydrogens is 382 g/mol. The van der Waals surface area contributed by atoms with Crippen molar-refractivity contribution in [3.05, 3.63) is 16.0 Å². The summed E-state index contributed by atoms with van der Waals surface area (Å²) in [5.74, 6) is 0.995. The molecule has 0 saturated heterocycles. The molecule has 7 heteroatoms. The van der Waals surface area contributed by atoms with E-state index < -0.39 is 10.0 Å². The summed E-state index contributed by atoms with van der Waals surface area (Å²) >= 11 is 10.6. The van der Waals surface area contributed by atoms with Gasteiger partial charge in [-0.25, -0.2) is 13.1 Å². The van der Waals surface area contributed by atoms with E-state index in [1.54, 1.807) is 6.07 Å². The van der Waals surface area contributed by atoms with Crippen LogP contribution in [0.1, 0.15) is 31.2 Å². The number of hydrogen-bond acceptors (Lipinski definition) is 3. The molecule has 0 spiro atoms. The zero-order chi connectivity index (χ0) is 14.8. The van der Waals surface area contributed by atoms with Crippen molar-refractivity contribution in [1.29, 1.82) is 0 Å². The van der Waals surface area contributed by atoms with Crippen LogP contribution in [0.4, 0.5) is 0 Å². The SMILES string of the molecule is Cc1cc(S(=O)(=O)NCC2CCCCC2CBr)sc1Cl. The molecule has 2 atom stereocenters. The second-order valence-electron chi connectivity index (χ2n) is 5.33. The lowest BCUT2D eigenvalue weighted by Crippen LogP contribution is -2.34. The van der Waals surface area contributed by atoms with Crippen molar-refractivity contribution >= 4 is 48.9 Å². The van der Waals surface area contributed by atoms with Crippen LogP contribution in [0.5, 0.6) is 0 Å². The number of alkyl halides is 1. The molecule has 0 amide bonds. The van der Waals surface area contributed by atoms with Gasteiger partial charge in [0.2, 0.25) is 10.0 Å². The van der Waals surface area contributed by atoms with Crippen molar-refractivity contribution in [2.45, 2.75) is 36.8 Å². The van der Waals surface area contributed by atoms with Crippen LogP contribution in [0.2, 0.25) is 4.34 Å². The Morgan fingerprint density at radius 3 is 2.60 bits per heavy atom. The lowest BCUT2D eigenvalue weighted by atomic mass is 9.80. The number of halogens is 2. The Labute approximate surface area is 138 Å². The molecule has 2 rings (SSSR count). The van der Waals surface area contributed by atoms with Gasteiger partial charge in [-0.3, -0.25) is 0 Å². The van der Waals surface area contributed by atoms with Gasteiger partial charge in [-0.15, -0.1) is 11.3 Å². The third-order valence-electron chi connectivity index (χ3n) is 3.90. The topological polar surface area (TPSA) is 46.2 Å². The summed E-state index contributed by atoms with van der Waals surface area (Å²) in [6.45, 7) is 2.34. The fraction of sp³-hybridized carbons (Fsp3) is 0.692. The van der Waals surface area contributed by atoms with Crippen molar-refractivity contribution < 1.29 is 8.42 Å². The normalized spacial score (nSPS) is 23.9. The average Bonchev–Trinajstić information content (AvgIpc) is 2.78. The molecule has 1 aromatic heterocycles. The van der Waals surface area contributed by atoms with Crippen LogP contribution in [-0.4, -0.2) is 20.3 Å². The third-order valence-corrected chi connectivity index (χ3v) is 8.18. The van der Waals surface area contributed by atoms with Crippen molar-refractivity contribution in [2.75, 3.05) is 11.9 Å². The predicted molar refractivity (Wildman–Crippen MR) is 88.5 cm³/mol. The smallest absolute Gasteiger partial charge is 0.210 e. The molecule has 1 fully saturated rings. The van der Waals surface area contributed by atoms with Crippen LogP contribution in [-0.2, 0) is 10.0 Å². The van der Waals surface area contributed by atoms with E-state index >= 15 is 0 Å². The first kappa shape index (κ1) is 16.7. The van der Waals surface area contributed by atoms with Crippen LogP contribution < -0.4 is 4.72 Å². The summed E-state index contributed by atoms with van der Waals surface area (Å²) in [6.07, 6.45) is 4.73. The Kier molecular flexibility index (Phi) is 5.94. The van der Waals surface area contributed by atoms with Crippen molar-refractivity contribution in [3.8, 4) is 0 Å². The molecular formula is C13H19BrClNO2S2. The number of nitrogens with one attached hydrogen (secondary N) is 1. The van der Waals surface area contributed by atoms with Crippen LogP contribution >= 0.6 is 38.9 Å². The molecule has 20 heavy (non-hydrogen) atoms. The molecule has 0 aromatic carbocycles. The van der Waals surface area contributed by atoms with Crippen molar-refractivity contribution in [2.24, 2.45) is 11.8 Å². The minimum absolute atomic E-state index is 0.311. The summed E-state index contributed by atoms with van der Waals surface area (Å²) in [6, 6.07) is 1.64. The van der Waals surface area contributed by atoms with E-state index in [1.807, 2.05) is 6.92 Å². The molecule has 2 unspecified atom stereocenters. The van der Waals surface area contributed by atoms with Gasteiger partial charge in [0.15, 0.2) is 0 Å². The van der Waals surface area contributed by atoms with Gasteiger partial charge < -0.3 is 0 Å². The molecule has 3 nitrogen and oxygen atoms in total. The Bertz CT molecular complexity index is 539. The maximum absolute atomic E-state index is 12.3. The molecule has 1 aliphatic rings. The van der Waals surface area contributed by atoms with E-state index in [-0.39, 0.29) is 0 Å². The lowest BCUT2D eigenvalue weighted by molar-refractivity contribution is 0.263. The predicted octanol–water partition coefficient (Wildman–Crippen LogP) is 4.19. The maximum Gasteiger partial charge on any atom is 0.250 e. The van der Waals surface area contributed by atoms with Gasteiger partial charge in [-0.1, -0.05) is 40.4 Å². The first-order chi connectivity index (χ1) is 9.44. The Hall–Kier alpha value is 0.380. The number of rotatable bonds is 5. The Balaban J connectivity index is 2.01. The molecule has 1 saturated carbocycles. The van der Waals surface area contributed by atoms with Gasteiger partial charge in [0, 0.05) is 11.9 Å². The fourth-order valence-electron chi connectivity index (χ4n) is 2.61. The summed E-state index contributed by atoms with van der Waals surface area (Å²) in [4.78, 5) is 0. The fourth-order valence-corrected chi connectivity index (χ4v) is 6.31. The first-order valence-electron chi connectivity index (χ1n) is 6.75. The highest BCUT2D eigenvalue weighted by molar-refractivity contribution is 9.09. The zero-order valence-electron chi connectivity index (χ0n) is 11.4. The molecule has 1 aromatic rings. The highest BCUT2D eigenvalue weighted by Crippen LogP contribution is 2.32. The quantitative estimate of drug-likeness (QED) is 0.753. The van der Waals surface area contributed by atoms with Crippen LogP contribution in [0.3, 0.4) is 0 Å². The van der Waals surface area contributed by atoms with E-state index in [2.05, 4.69) is 20.7 Å². The maximum atomic E-state index is 12.3. The number of thiophene rings is 1. The first-order valence-corrected chi connectivity index (χ1v) is 10.6. The number of aryl methyl sites for hydroxylation is 1. The number of sulfonamides is 1. The summed E-state index contributed by atoms with van der Waals surface area (Å²) in [7, 11) is -3.42. The van der Waals surface area contributed by atoms with Crippen LogP contribution in [0.25, 0.3) is 0 Å². The van der Waals surface area contributed by atoms with Gasteiger partial charge in [-0.05, 0) is 43.2 Å². The summed E-state index contributed by atoms with van der Waals surface area (Å²) in [5.41, 5.74) is 0.813. The summed E-state index contributed by atoms with van der Waals surface area (Å²) in [5, 5.41) is 0.948. The van der Waals surface area contributed by atoms with E-state index in [0.29, 0.717) is 26.9 Å². The molecule has 1 aliphatic carbocycles. The van der Waals surface area contributed by atoms with Crippen molar-refractivity contribution in [1.82, 2.24) is 4.72 Å². The summed E-state index contributed by atoms with van der Waals surface area (Å²) < 4.78 is 28.1. The highest BCUT2D eigenvalue weighted by atomic mass is 79.9. The van der Waals surface area contributed by atoms with Crippen molar-refractivity contribution in [3.63, 3.8) is 0 Å². The molecule has 0 aliphatic heterocycles. The van der Waals surface area contributed by atoms with Gasteiger partial charge in [0.1, 0.15) is 4.21 Å². The monoisotopic (exact) mass is 399 g/mol. The molecule has 0 radical (unpaired) electrons. The highest BCUT2D eigenvalue weighted by Gasteiger charge is 2.26. The molecule has 114 valence electrons. The Morgan fingerprint density at radius 2 is 2.05 bits per heavy atom. The molecule has 1 heterocycles. The standard InChI is InChI=1S/C13H19BrClNO2S2/c1-9-6-12(19-13(9)15)20(17,18)16-8-11-5-3-2-4-10(11)7-14/h6,10-11,16H,2-5,7-8H2,1H3. The lowest BCUT2D eigenvalue weighted by Gasteiger charge is -2.30. The van der Waals surface area contributed by atoms with E-state index in [1.165, 1.54) is 19.3 Å². The molecule has 1 N–H and O–H groups in total. The van der Waals surface area contributed by atoms with Gasteiger partial charge in [-0.2, -0.15) is 0 Å². The average molecular weight is 401 g/mol. The van der Waals surface area contributed by atoms with E-state index in [4.69, 9.17) is 11.6 Å². The minimum atomic E-state index is -3.42. The molecule has 0 bridgehead atoms. The van der Waals surface area contributed by atoms with E-state index in [0.717, 1.165) is 28.7 Å². The largest absolute Gasteiger partial charge is 0.250 e. The Morgan fingerprint density at radius 1 is 1.40 bits per heavy atom. The minimum Gasteiger partial charge on any atom is -0.210 e.